The molecule has 0 unspecified atom stereocenters. The summed E-state index contributed by atoms with van der Waals surface area (Å²) in [6, 6.07) is 2.72. The Kier molecular flexibility index (Phi) is 4.07. The van der Waals surface area contributed by atoms with Crippen LogP contribution in [0.4, 0.5) is 0 Å². The summed E-state index contributed by atoms with van der Waals surface area (Å²) >= 11 is 0. The molecular formula is C18H25N3O2. The molecule has 5 nitrogen and oxygen atoms in total. The highest BCUT2D eigenvalue weighted by Gasteiger charge is 2.36. The highest BCUT2D eigenvalue weighted by molar-refractivity contribution is 5.94. The van der Waals surface area contributed by atoms with Crippen molar-refractivity contribution < 1.29 is 9.53 Å². The Balaban J connectivity index is 1.40. The first kappa shape index (κ1) is 15.1. The number of rotatable bonds is 2. The van der Waals surface area contributed by atoms with Gasteiger partial charge in [0.1, 0.15) is 0 Å². The smallest absolute Gasteiger partial charge is 0.253 e. The molecule has 3 atom stereocenters. The molecule has 1 N–H and O–H groups in total. The van der Waals surface area contributed by atoms with Crippen molar-refractivity contribution in [2.45, 2.75) is 57.2 Å². The predicted molar refractivity (Wildman–Crippen MR) is 87.5 cm³/mol. The molecule has 2 aliphatic heterocycles. The van der Waals surface area contributed by atoms with Gasteiger partial charge in [-0.3, -0.25) is 14.7 Å². The van der Waals surface area contributed by atoms with Crippen LogP contribution in [0.5, 0.6) is 0 Å². The molecule has 1 aliphatic carbocycles. The van der Waals surface area contributed by atoms with E-state index in [9.17, 15) is 4.79 Å². The second-order valence-corrected chi connectivity index (χ2v) is 7.19. The van der Waals surface area contributed by atoms with Crippen LogP contribution >= 0.6 is 0 Å². The van der Waals surface area contributed by atoms with E-state index in [1.165, 1.54) is 24.1 Å². The SMILES string of the molecule is C[C@H]1CN2C[C@H](NC(=O)c3cnc4c(c3)CCCC4)C[C@H]2CO1. The van der Waals surface area contributed by atoms with Crippen molar-refractivity contribution in [1.29, 1.82) is 0 Å². The lowest BCUT2D eigenvalue weighted by atomic mass is 9.95. The van der Waals surface area contributed by atoms with Gasteiger partial charge in [0.2, 0.25) is 0 Å². The molecule has 0 saturated carbocycles. The van der Waals surface area contributed by atoms with E-state index in [1.54, 1.807) is 6.20 Å². The summed E-state index contributed by atoms with van der Waals surface area (Å²) in [7, 11) is 0. The van der Waals surface area contributed by atoms with Gasteiger partial charge in [0, 0.05) is 37.1 Å². The number of aromatic nitrogens is 1. The number of hydrogen-bond acceptors (Lipinski definition) is 4. The minimum absolute atomic E-state index is 0.0182. The van der Waals surface area contributed by atoms with E-state index in [-0.39, 0.29) is 11.9 Å². The Bertz CT molecular complexity index is 604. The summed E-state index contributed by atoms with van der Waals surface area (Å²) in [6.45, 7) is 4.80. The van der Waals surface area contributed by atoms with Crippen LogP contribution in [0.25, 0.3) is 0 Å². The number of carbonyl (C=O) groups excluding carboxylic acids is 1. The van der Waals surface area contributed by atoms with Crippen molar-refractivity contribution in [1.82, 2.24) is 15.2 Å². The number of morpholine rings is 1. The van der Waals surface area contributed by atoms with E-state index in [4.69, 9.17) is 4.74 Å². The molecule has 0 aromatic carbocycles. The van der Waals surface area contributed by atoms with Gasteiger partial charge < -0.3 is 10.1 Å². The van der Waals surface area contributed by atoms with Crippen LogP contribution < -0.4 is 5.32 Å². The highest BCUT2D eigenvalue weighted by atomic mass is 16.5. The van der Waals surface area contributed by atoms with E-state index < -0.39 is 0 Å². The third-order valence-corrected chi connectivity index (χ3v) is 5.36. The summed E-state index contributed by atoms with van der Waals surface area (Å²) in [5.74, 6) is 0.0182. The van der Waals surface area contributed by atoms with Crippen molar-refractivity contribution in [2.24, 2.45) is 0 Å². The lowest BCUT2D eigenvalue weighted by molar-refractivity contribution is -0.0390. The predicted octanol–water partition coefficient (Wildman–Crippen LogP) is 1.55. The molecule has 1 aromatic heterocycles. The van der Waals surface area contributed by atoms with Gasteiger partial charge in [0.05, 0.1) is 18.3 Å². The maximum atomic E-state index is 12.6. The highest BCUT2D eigenvalue weighted by Crippen LogP contribution is 2.24. The van der Waals surface area contributed by atoms with Crippen molar-refractivity contribution in [3.05, 3.63) is 29.1 Å². The van der Waals surface area contributed by atoms with E-state index in [0.29, 0.717) is 17.7 Å². The van der Waals surface area contributed by atoms with Crippen molar-refractivity contribution in [3.63, 3.8) is 0 Å². The zero-order valence-corrected chi connectivity index (χ0v) is 13.8. The lowest BCUT2D eigenvalue weighted by Gasteiger charge is -2.33. The first-order valence-electron chi connectivity index (χ1n) is 8.83. The monoisotopic (exact) mass is 315 g/mol. The molecule has 2 saturated heterocycles. The van der Waals surface area contributed by atoms with Gasteiger partial charge in [-0.2, -0.15) is 0 Å². The molecule has 23 heavy (non-hydrogen) atoms. The van der Waals surface area contributed by atoms with Crippen LogP contribution in [0.3, 0.4) is 0 Å². The van der Waals surface area contributed by atoms with Crippen molar-refractivity contribution >= 4 is 5.91 Å². The number of nitrogens with one attached hydrogen (secondary N) is 1. The zero-order valence-electron chi connectivity index (χ0n) is 13.8. The topological polar surface area (TPSA) is 54.5 Å². The van der Waals surface area contributed by atoms with Crippen molar-refractivity contribution in [2.75, 3.05) is 19.7 Å². The second kappa shape index (κ2) is 6.21. The number of carbonyl (C=O) groups is 1. The Morgan fingerprint density at radius 3 is 3.13 bits per heavy atom. The molecule has 0 radical (unpaired) electrons. The molecule has 3 aliphatic rings. The molecule has 4 rings (SSSR count). The third kappa shape index (κ3) is 3.12. The first-order valence-corrected chi connectivity index (χ1v) is 8.83. The van der Waals surface area contributed by atoms with E-state index in [1.807, 2.05) is 6.07 Å². The van der Waals surface area contributed by atoms with Gasteiger partial charge in [-0.05, 0) is 50.7 Å². The molecule has 0 spiro atoms. The van der Waals surface area contributed by atoms with Crippen molar-refractivity contribution in [3.8, 4) is 0 Å². The quantitative estimate of drug-likeness (QED) is 0.900. The number of amides is 1. The minimum Gasteiger partial charge on any atom is -0.376 e. The third-order valence-electron chi connectivity index (χ3n) is 5.36. The molecule has 0 bridgehead atoms. The van der Waals surface area contributed by atoms with Crippen LogP contribution in [0.15, 0.2) is 12.3 Å². The maximum Gasteiger partial charge on any atom is 0.253 e. The second-order valence-electron chi connectivity index (χ2n) is 7.19. The molecular weight excluding hydrogens is 290 g/mol. The normalized spacial score (nSPS) is 30.6. The van der Waals surface area contributed by atoms with Gasteiger partial charge in [0.25, 0.3) is 5.91 Å². The number of pyridine rings is 1. The maximum absolute atomic E-state index is 12.6. The fourth-order valence-corrected chi connectivity index (χ4v) is 4.13. The minimum atomic E-state index is 0.0182. The number of fused-ring (bicyclic) bond motifs is 2. The van der Waals surface area contributed by atoms with Crippen LogP contribution in [-0.2, 0) is 17.6 Å². The summed E-state index contributed by atoms with van der Waals surface area (Å²) in [4.78, 5) is 19.5. The number of ether oxygens (including phenoxy) is 1. The Labute approximate surface area is 137 Å². The van der Waals surface area contributed by atoms with E-state index >= 15 is 0 Å². The van der Waals surface area contributed by atoms with Crippen LogP contribution in [0.1, 0.15) is 47.8 Å². The average Bonchev–Trinajstić information content (AvgIpc) is 2.95. The van der Waals surface area contributed by atoms with Gasteiger partial charge in [0.15, 0.2) is 0 Å². The van der Waals surface area contributed by atoms with Gasteiger partial charge in [-0.1, -0.05) is 0 Å². The largest absolute Gasteiger partial charge is 0.376 e. The summed E-state index contributed by atoms with van der Waals surface area (Å²) < 4.78 is 5.73. The van der Waals surface area contributed by atoms with E-state index in [0.717, 1.165) is 39.0 Å². The van der Waals surface area contributed by atoms with Crippen LogP contribution in [-0.4, -0.2) is 53.7 Å². The molecule has 5 heteroatoms. The lowest BCUT2D eigenvalue weighted by Crippen LogP contribution is -2.45. The Hall–Kier alpha value is -1.46. The summed E-state index contributed by atoms with van der Waals surface area (Å²) in [6.07, 6.45) is 7.55. The molecule has 1 amide bonds. The molecule has 1 aromatic rings. The standard InChI is InChI=1S/C18H25N3O2/c1-12-9-21-10-15(7-16(21)11-23-12)20-18(22)14-6-13-4-2-3-5-17(13)19-8-14/h6,8,12,15-16H,2-5,7,9-11H2,1H3,(H,20,22)/t12-,15+,16-/m0/s1. The molecule has 3 heterocycles. The zero-order chi connectivity index (χ0) is 15.8. The first-order chi connectivity index (χ1) is 11.2. The fraction of sp³-hybridized carbons (Fsp3) is 0.667. The van der Waals surface area contributed by atoms with Gasteiger partial charge in [-0.25, -0.2) is 0 Å². The fourth-order valence-electron chi connectivity index (χ4n) is 4.13. The van der Waals surface area contributed by atoms with Gasteiger partial charge in [-0.15, -0.1) is 0 Å². The number of hydrogen-bond donors (Lipinski definition) is 1. The van der Waals surface area contributed by atoms with Crippen LogP contribution in [0.2, 0.25) is 0 Å². The van der Waals surface area contributed by atoms with Gasteiger partial charge >= 0.3 is 0 Å². The Morgan fingerprint density at radius 1 is 1.35 bits per heavy atom. The molecule has 124 valence electrons. The number of aryl methyl sites for hydroxylation is 2. The Morgan fingerprint density at radius 2 is 2.22 bits per heavy atom. The van der Waals surface area contributed by atoms with Crippen LogP contribution in [0, 0.1) is 0 Å². The van der Waals surface area contributed by atoms with E-state index in [2.05, 4.69) is 22.1 Å². The molecule has 2 fully saturated rings. The average molecular weight is 315 g/mol. The number of nitrogens with zero attached hydrogens (tertiary/aromatic N) is 2. The summed E-state index contributed by atoms with van der Waals surface area (Å²) in [5.41, 5.74) is 3.15. The summed E-state index contributed by atoms with van der Waals surface area (Å²) in [5, 5.41) is 3.20.